The second kappa shape index (κ2) is 10.4. The fourth-order valence-electron chi connectivity index (χ4n) is 3.96. The summed E-state index contributed by atoms with van der Waals surface area (Å²) in [5, 5.41) is 17.2. The predicted molar refractivity (Wildman–Crippen MR) is 116 cm³/mol. The molecule has 170 valence electrons. The lowest BCUT2D eigenvalue weighted by molar-refractivity contribution is -0.900. The second-order valence-corrected chi connectivity index (χ2v) is 7.55. The van der Waals surface area contributed by atoms with Crippen molar-refractivity contribution in [2.75, 3.05) is 44.7 Å². The number of nitrogens with one attached hydrogen (secondary N) is 1. The lowest BCUT2D eigenvalue weighted by Crippen LogP contribution is -3.14. The maximum Gasteiger partial charge on any atom is 0.311 e. The Morgan fingerprint density at radius 2 is 1.94 bits per heavy atom. The molecule has 1 aliphatic rings. The van der Waals surface area contributed by atoms with Gasteiger partial charge in [0.05, 0.1) is 62.9 Å². The van der Waals surface area contributed by atoms with Crippen LogP contribution in [0.1, 0.15) is 6.42 Å². The zero-order chi connectivity index (χ0) is 21.8. The zero-order valence-corrected chi connectivity index (χ0v) is 18.5. The van der Waals surface area contributed by atoms with E-state index >= 15 is 0 Å². The first-order valence-electron chi connectivity index (χ1n) is 10.3. The number of rotatable bonds is 7. The van der Waals surface area contributed by atoms with E-state index in [0.29, 0.717) is 36.7 Å². The Balaban J connectivity index is 0.00000289. The Morgan fingerprint density at radius 3 is 2.66 bits per heavy atom. The molecular weight excluding hydrogens is 436 g/mol. The number of nitro groups is 1. The van der Waals surface area contributed by atoms with E-state index in [4.69, 9.17) is 4.74 Å². The molecule has 0 amide bonds. The number of aromatic nitrogens is 3. The number of methoxy groups -OCH3 is 1. The highest BCUT2D eigenvalue weighted by Gasteiger charge is 2.27. The summed E-state index contributed by atoms with van der Waals surface area (Å²) < 4.78 is 6.66. The van der Waals surface area contributed by atoms with Crippen LogP contribution < -0.4 is 32.5 Å². The molecule has 1 saturated heterocycles. The Kier molecular flexibility index (Phi) is 7.60. The molecule has 3 heterocycles. The van der Waals surface area contributed by atoms with Crippen LogP contribution in [0.5, 0.6) is 5.88 Å². The van der Waals surface area contributed by atoms with E-state index in [-0.39, 0.29) is 23.7 Å². The Labute approximate surface area is 191 Å². The molecule has 10 nitrogen and oxygen atoms in total. The van der Waals surface area contributed by atoms with Crippen molar-refractivity contribution < 1.29 is 27.0 Å². The summed E-state index contributed by atoms with van der Waals surface area (Å²) in [6.07, 6.45) is 2.56. The molecule has 0 atom stereocenters. The number of quaternary nitrogens is 1. The summed E-state index contributed by atoms with van der Waals surface area (Å²) >= 11 is 0. The van der Waals surface area contributed by atoms with E-state index in [1.165, 1.54) is 28.8 Å². The molecule has 0 saturated carbocycles. The number of benzene rings is 1. The van der Waals surface area contributed by atoms with Crippen molar-refractivity contribution in [2.45, 2.75) is 13.0 Å². The van der Waals surface area contributed by atoms with Crippen molar-refractivity contribution in [1.82, 2.24) is 14.8 Å². The number of hydrogen-bond acceptors (Lipinski definition) is 7. The molecule has 0 spiro atoms. The molecule has 1 aromatic carbocycles. The van der Waals surface area contributed by atoms with Gasteiger partial charge in [-0.3, -0.25) is 14.9 Å². The van der Waals surface area contributed by atoms with Crippen LogP contribution in [0.25, 0.3) is 10.8 Å². The molecule has 0 aliphatic carbocycles. The van der Waals surface area contributed by atoms with Crippen LogP contribution in [-0.4, -0.2) is 59.5 Å². The third-order valence-electron chi connectivity index (χ3n) is 5.67. The number of ether oxygens (including phenoxy) is 1. The summed E-state index contributed by atoms with van der Waals surface area (Å²) in [5.74, 6) is 0.721. The third kappa shape index (κ3) is 4.97. The average molecular weight is 461 g/mol. The molecule has 11 heteroatoms. The highest BCUT2D eigenvalue weighted by molar-refractivity contribution is 5.80. The molecule has 0 radical (unpaired) electrons. The number of anilines is 1. The SMILES string of the molecule is COc1ccc([N+](=O)[O-])c(N2CC[NH+](CCCn3ncc4ccccc4c3=O)CC2)n1.[Cl-]. The van der Waals surface area contributed by atoms with Crippen molar-refractivity contribution in [3.8, 4) is 5.88 Å². The fourth-order valence-corrected chi connectivity index (χ4v) is 3.96. The van der Waals surface area contributed by atoms with Crippen molar-refractivity contribution in [3.05, 3.63) is 63.1 Å². The van der Waals surface area contributed by atoms with Gasteiger partial charge < -0.3 is 26.9 Å². The van der Waals surface area contributed by atoms with Crippen LogP contribution in [0.4, 0.5) is 11.5 Å². The standard InChI is InChI=1S/C21H24N6O4.ClH/c1-31-19-8-7-18(27(29)30)20(23-19)25-13-11-24(12-14-25)9-4-10-26-21(28)17-6-3-2-5-16(17)15-22-26;/h2-3,5-8,15H,4,9-14H2,1H3;1H. The molecule has 0 unspecified atom stereocenters. The van der Waals surface area contributed by atoms with Gasteiger partial charge in [0.1, 0.15) is 0 Å². The Hall–Kier alpha value is -3.24. The van der Waals surface area contributed by atoms with E-state index in [0.717, 1.165) is 31.4 Å². The van der Waals surface area contributed by atoms with Crippen molar-refractivity contribution in [1.29, 1.82) is 0 Å². The van der Waals surface area contributed by atoms with E-state index < -0.39 is 4.92 Å². The maximum absolute atomic E-state index is 12.6. The van der Waals surface area contributed by atoms with Gasteiger partial charge in [-0.2, -0.15) is 10.1 Å². The van der Waals surface area contributed by atoms with Gasteiger partial charge in [-0.25, -0.2) is 4.68 Å². The van der Waals surface area contributed by atoms with Gasteiger partial charge in [0.25, 0.3) is 5.56 Å². The van der Waals surface area contributed by atoms with E-state index in [1.807, 2.05) is 29.2 Å². The van der Waals surface area contributed by atoms with E-state index in [9.17, 15) is 14.9 Å². The lowest BCUT2D eigenvalue weighted by atomic mass is 10.2. The monoisotopic (exact) mass is 460 g/mol. The van der Waals surface area contributed by atoms with E-state index in [2.05, 4.69) is 10.1 Å². The fraction of sp³-hybridized carbons (Fsp3) is 0.381. The average Bonchev–Trinajstić information content (AvgIpc) is 2.80. The van der Waals surface area contributed by atoms with Crippen LogP contribution in [0.15, 0.2) is 47.4 Å². The highest BCUT2D eigenvalue weighted by atomic mass is 35.5. The lowest BCUT2D eigenvalue weighted by Gasteiger charge is -2.32. The molecular formula is C21H25ClN6O4. The normalized spacial score (nSPS) is 14.2. The minimum Gasteiger partial charge on any atom is -1.00 e. The maximum atomic E-state index is 12.6. The second-order valence-electron chi connectivity index (χ2n) is 7.55. The summed E-state index contributed by atoms with van der Waals surface area (Å²) in [7, 11) is 1.50. The molecule has 2 aromatic heterocycles. The third-order valence-corrected chi connectivity index (χ3v) is 5.67. The van der Waals surface area contributed by atoms with Gasteiger partial charge in [0, 0.05) is 23.9 Å². The first-order chi connectivity index (χ1) is 15.1. The quantitative estimate of drug-likeness (QED) is 0.307. The van der Waals surface area contributed by atoms with Gasteiger partial charge in [-0.15, -0.1) is 0 Å². The molecule has 1 aliphatic heterocycles. The zero-order valence-electron chi connectivity index (χ0n) is 17.7. The summed E-state index contributed by atoms with van der Waals surface area (Å²) in [5.41, 5.74) is -0.0691. The van der Waals surface area contributed by atoms with E-state index in [1.54, 1.807) is 6.20 Å². The molecule has 1 fully saturated rings. The first kappa shape index (κ1) is 23.4. The topological polar surface area (TPSA) is 108 Å². The van der Waals surface area contributed by atoms with Crippen LogP contribution in [0.2, 0.25) is 0 Å². The van der Waals surface area contributed by atoms with Gasteiger partial charge in [0.2, 0.25) is 11.7 Å². The number of hydrogen-bond donors (Lipinski definition) is 1. The van der Waals surface area contributed by atoms with Crippen molar-refractivity contribution in [2.24, 2.45) is 0 Å². The molecule has 4 rings (SSSR count). The number of halogens is 1. The Morgan fingerprint density at radius 1 is 1.19 bits per heavy atom. The number of nitrogens with zero attached hydrogens (tertiary/aromatic N) is 5. The summed E-state index contributed by atoms with van der Waals surface area (Å²) in [4.78, 5) is 31.2. The smallest absolute Gasteiger partial charge is 0.311 e. The number of fused-ring (bicyclic) bond motifs is 1. The molecule has 0 bridgehead atoms. The van der Waals surface area contributed by atoms with Gasteiger partial charge in [-0.1, -0.05) is 18.2 Å². The van der Waals surface area contributed by atoms with Gasteiger partial charge in [-0.05, 0) is 6.07 Å². The summed E-state index contributed by atoms with van der Waals surface area (Å²) in [6.45, 7) is 4.50. The molecule has 1 N–H and O–H groups in total. The number of aryl methyl sites for hydroxylation is 1. The van der Waals surface area contributed by atoms with Crippen LogP contribution >= 0.6 is 0 Å². The summed E-state index contributed by atoms with van der Waals surface area (Å²) in [6, 6.07) is 10.4. The number of piperazine rings is 1. The molecule has 32 heavy (non-hydrogen) atoms. The predicted octanol–water partition coefficient (Wildman–Crippen LogP) is -2.49. The van der Waals surface area contributed by atoms with Crippen LogP contribution in [-0.2, 0) is 6.54 Å². The van der Waals surface area contributed by atoms with Crippen LogP contribution in [0.3, 0.4) is 0 Å². The number of pyridine rings is 1. The first-order valence-corrected chi connectivity index (χ1v) is 10.3. The molecule has 3 aromatic rings. The Bertz CT molecular complexity index is 1150. The minimum absolute atomic E-state index is 0. The van der Waals surface area contributed by atoms with Gasteiger partial charge in [0.15, 0.2) is 0 Å². The van der Waals surface area contributed by atoms with Gasteiger partial charge >= 0.3 is 5.69 Å². The van der Waals surface area contributed by atoms with Crippen LogP contribution in [0, 0.1) is 10.1 Å². The largest absolute Gasteiger partial charge is 1.00 e. The van der Waals surface area contributed by atoms with Crippen molar-refractivity contribution in [3.63, 3.8) is 0 Å². The highest BCUT2D eigenvalue weighted by Crippen LogP contribution is 2.28. The minimum atomic E-state index is -0.407. The van der Waals surface area contributed by atoms with Crippen molar-refractivity contribution >= 4 is 22.3 Å².